The molecule has 1 aliphatic heterocycles. The Bertz CT molecular complexity index is 360. The van der Waals surface area contributed by atoms with Gasteiger partial charge in [0.05, 0.1) is 4.47 Å². The van der Waals surface area contributed by atoms with E-state index in [0.29, 0.717) is 10.0 Å². The molecule has 1 aromatic rings. The monoisotopic (exact) mass is 241 g/mol. The lowest BCUT2D eigenvalue weighted by Crippen LogP contribution is -2.08. The van der Waals surface area contributed by atoms with Gasteiger partial charge in [-0.25, -0.2) is 4.39 Å². The third kappa shape index (κ3) is 1.67. The number of benzene rings is 1. The Morgan fingerprint density at radius 3 is 2.92 bits per heavy atom. The lowest BCUT2D eigenvalue weighted by atomic mass is 10.1. The van der Waals surface area contributed by atoms with Gasteiger partial charge in [0, 0.05) is 18.7 Å². The predicted molar refractivity (Wildman–Crippen MR) is 54.9 cm³/mol. The molecule has 1 nitrogen and oxygen atoms in total. The second-order valence-electron chi connectivity index (χ2n) is 2.96. The zero-order chi connectivity index (χ0) is 9.26. The molecule has 68 valence electrons. The molecule has 0 bridgehead atoms. The summed E-state index contributed by atoms with van der Waals surface area (Å²) < 4.78 is 14.1. The highest BCUT2D eigenvalue weighted by molar-refractivity contribution is 9.10. The van der Waals surface area contributed by atoms with E-state index >= 15 is 0 Å². The van der Waals surface area contributed by atoms with Crippen LogP contribution in [0, 0.1) is 5.82 Å². The maximum Gasteiger partial charge on any atom is 0.144 e. The average Bonchev–Trinajstić information content (AvgIpc) is 2.62. The molecular weight excluding hydrogens is 233 g/mol. The van der Waals surface area contributed by atoms with Gasteiger partial charge in [-0.05, 0) is 27.6 Å². The molecule has 0 fully saturated rings. The van der Waals surface area contributed by atoms with E-state index in [4.69, 9.17) is 0 Å². The van der Waals surface area contributed by atoms with Crippen LogP contribution in [0.25, 0.3) is 5.57 Å². The van der Waals surface area contributed by atoms with Crippen LogP contribution in [0.4, 0.5) is 4.39 Å². The number of rotatable bonds is 1. The summed E-state index contributed by atoms with van der Waals surface area (Å²) in [4.78, 5) is 0. The van der Waals surface area contributed by atoms with E-state index in [-0.39, 0.29) is 5.82 Å². The fourth-order valence-corrected chi connectivity index (χ4v) is 1.80. The van der Waals surface area contributed by atoms with Crippen LogP contribution in [-0.4, -0.2) is 13.1 Å². The second-order valence-corrected chi connectivity index (χ2v) is 3.82. The Morgan fingerprint density at radius 2 is 2.23 bits per heavy atom. The molecule has 0 aliphatic carbocycles. The van der Waals surface area contributed by atoms with Crippen LogP contribution < -0.4 is 5.32 Å². The van der Waals surface area contributed by atoms with Crippen molar-refractivity contribution in [3.05, 3.63) is 40.1 Å². The van der Waals surface area contributed by atoms with Crippen molar-refractivity contribution in [3.8, 4) is 0 Å². The molecule has 1 N–H and O–H groups in total. The van der Waals surface area contributed by atoms with Crippen LogP contribution >= 0.6 is 15.9 Å². The second kappa shape index (κ2) is 3.60. The number of halogens is 2. The highest BCUT2D eigenvalue weighted by atomic mass is 79.9. The summed E-state index contributed by atoms with van der Waals surface area (Å²) in [5.41, 5.74) is 1.73. The van der Waals surface area contributed by atoms with Gasteiger partial charge in [0.25, 0.3) is 0 Å². The van der Waals surface area contributed by atoms with Crippen LogP contribution in [0.15, 0.2) is 28.7 Å². The number of hydrogen-bond acceptors (Lipinski definition) is 1. The van der Waals surface area contributed by atoms with E-state index in [1.807, 2.05) is 12.1 Å². The maximum absolute atomic E-state index is 13.5. The van der Waals surface area contributed by atoms with Gasteiger partial charge in [0.15, 0.2) is 0 Å². The van der Waals surface area contributed by atoms with Gasteiger partial charge in [0.2, 0.25) is 0 Å². The molecule has 0 amide bonds. The molecular formula is C10H9BrFN. The minimum absolute atomic E-state index is 0.169. The van der Waals surface area contributed by atoms with Crippen LogP contribution in [0.5, 0.6) is 0 Å². The molecule has 0 radical (unpaired) electrons. The fourth-order valence-electron chi connectivity index (χ4n) is 1.43. The molecule has 13 heavy (non-hydrogen) atoms. The predicted octanol–water partition coefficient (Wildman–Crippen LogP) is 2.57. The van der Waals surface area contributed by atoms with Crippen molar-refractivity contribution in [3.63, 3.8) is 0 Å². The van der Waals surface area contributed by atoms with Gasteiger partial charge in [-0.2, -0.15) is 0 Å². The van der Waals surface area contributed by atoms with Crippen molar-refractivity contribution in [1.29, 1.82) is 0 Å². The molecule has 2 rings (SSSR count). The smallest absolute Gasteiger partial charge is 0.144 e. The van der Waals surface area contributed by atoms with E-state index in [9.17, 15) is 4.39 Å². The van der Waals surface area contributed by atoms with Crippen LogP contribution in [0.2, 0.25) is 0 Å². The standard InChI is InChI=1S/C10H9BrFN/c11-9-3-1-2-8(10(9)12)7-4-5-13-6-7/h1-4,13H,5-6H2. The molecule has 1 heterocycles. The van der Waals surface area contributed by atoms with Crippen molar-refractivity contribution in [2.24, 2.45) is 0 Å². The normalized spacial score (nSPS) is 16.0. The van der Waals surface area contributed by atoms with Crippen molar-refractivity contribution < 1.29 is 4.39 Å². The lowest BCUT2D eigenvalue weighted by Gasteiger charge is -2.04. The summed E-state index contributed by atoms with van der Waals surface area (Å²) in [5, 5.41) is 3.14. The van der Waals surface area contributed by atoms with Crippen molar-refractivity contribution >= 4 is 21.5 Å². The highest BCUT2D eigenvalue weighted by Gasteiger charge is 2.12. The fraction of sp³-hybridized carbons (Fsp3) is 0.200. The van der Waals surface area contributed by atoms with E-state index in [1.54, 1.807) is 12.1 Å². The third-order valence-electron chi connectivity index (χ3n) is 2.11. The first-order valence-electron chi connectivity index (χ1n) is 4.13. The van der Waals surface area contributed by atoms with Crippen LogP contribution in [0.1, 0.15) is 5.56 Å². The van der Waals surface area contributed by atoms with Crippen molar-refractivity contribution in [2.45, 2.75) is 0 Å². The van der Waals surface area contributed by atoms with Gasteiger partial charge >= 0.3 is 0 Å². The Hall–Kier alpha value is -0.670. The average molecular weight is 242 g/mol. The van der Waals surface area contributed by atoms with E-state index < -0.39 is 0 Å². The van der Waals surface area contributed by atoms with Crippen molar-refractivity contribution in [2.75, 3.05) is 13.1 Å². The Balaban J connectivity index is 2.45. The molecule has 3 heteroatoms. The topological polar surface area (TPSA) is 12.0 Å². The summed E-state index contributed by atoms with van der Waals surface area (Å²) in [7, 11) is 0. The first-order chi connectivity index (χ1) is 6.29. The molecule has 0 saturated carbocycles. The van der Waals surface area contributed by atoms with E-state index in [1.165, 1.54) is 0 Å². The number of hydrogen-bond donors (Lipinski definition) is 1. The third-order valence-corrected chi connectivity index (χ3v) is 2.72. The van der Waals surface area contributed by atoms with Gasteiger partial charge in [-0.3, -0.25) is 0 Å². The summed E-state index contributed by atoms with van der Waals surface area (Å²) in [6, 6.07) is 5.36. The largest absolute Gasteiger partial charge is 0.309 e. The lowest BCUT2D eigenvalue weighted by molar-refractivity contribution is 0.617. The van der Waals surface area contributed by atoms with E-state index in [0.717, 1.165) is 18.7 Å². The Morgan fingerprint density at radius 1 is 1.38 bits per heavy atom. The maximum atomic E-state index is 13.5. The van der Waals surface area contributed by atoms with Crippen LogP contribution in [0.3, 0.4) is 0 Å². The first kappa shape index (κ1) is 8.91. The Kier molecular flexibility index (Phi) is 2.47. The SMILES string of the molecule is Fc1c(Br)cccc1C1=CCNC1. The summed E-state index contributed by atoms with van der Waals surface area (Å²) in [6.07, 6.45) is 2.02. The minimum Gasteiger partial charge on any atom is -0.309 e. The quantitative estimate of drug-likeness (QED) is 0.798. The zero-order valence-electron chi connectivity index (χ0n) is 6.98. The van der Waals surface area contributed by atoms with Crippen molar-refractivity contribution in [1.82, 2.24) is 5.32 Å². The highest BCUT2D eigenvalue weighted by Crippen LogP contribution is 2.25. The van der Waals surface area contributed by atoms with Gasteiger partial charge in [-0.1, -0.05) is 18.2 Å². The molecule has 1 aromatic carbocycles. The van der Waals surface area contributed by atoms with Crippen LogP contribution in [-0.2, 0) is 0 Å². The minimum atomic E-state index is -0.169. The number of nitrogens with one attached hydrogen (secondary N) is 1. The molecule has 0 atom stereocenters. The summed E-state index contributed by atoms with van der Waals surface area (Å²) in [6.45, 7) is 1.59. The molecule has 0 saturated heterocycles. The molecule has 0 unspecified atom stereocenters. The van der Waals surface area contributed by atoms with E-state index in [2.05, 4.69) is 21.2 Å². The molecule has 0 spiro atoms. The van der Waals surface area contributed by atoms with Gasteiger partial charge in [0.1, 0.15) is 5.82 Å². The Labute approximate surface area is 84.8 Å². The summed E-state index contributed by atoms with van der Waals surface area (Å²) in [5.74, 6) is -0.169. The molecule has 1 aliphatic rings. The zero-order valence-corrected chi connectivity index (χ0v) is 8.57. The van der Waals surface area contributed by atoms with Gasteiger partial charge < -0.3 is 5.32 Å². The van der Waals surface area contributed by atoms with Gasteiger partial charge in [-0.15, -0.1) is 0 Å². The molecule has 0 aromatic heterocycles. The first-order valence-corrected chi connectivity index (χ1v) is 4.92. The summed E-state index contributed by atoms with van der Waals surface area (Å²) >= 11 is 3.17.